The lowest BCUT2D eigenvalue weighted by Gasteiger charge is -2.32. The molecule has 5 atom stereocenters. The molecule has 5 unspecified atom stereocenters. The van der Waals surface area contributed by atoms with Crippen LogP contribution in [0.1, 0.15) is 51.9 Å². The van der Waals surface area contributed by atoms with Crippen molar-refractivity contribution in [1.82, 2.24) is 10.6 Å². The molecule has 1 heterocycles. The standard InChI is InChI=1S/C15H30N2OS/c1-11(10-16-13-6-4-7-14(13)18)9-12-5-3-8-15(17-12)19-2/h11-18H,3-10H2,1-2H3. The van der Waals surface area contributed by atoms with Gasteiger partial charge in [-0.1, -0.05) is 6.92 Å². The highest BCUT2D eigenvalue weighted by Gasteiger charge is 2.26. The van der Waals surface area contributed by atoms with E-state index in [1.165, 1.54) is 32.1 Å². The van der Waals surface area contributed by atoms with Gasteiger partial charge in [-0.05, 0) is 63.7 Å². The molecule has 2 fully saturated rings. The van der Waals surface area contributed by atoms with E-state index >= 15 is 0 Å². The van der Waals surface area contributed by atoms with Crippen molar-refractivity contribution in [2.45, 2.75) is 75.4 Å². The van der Waals surface area contributed by atoms with Crippen LogP contribution in [-0.2, 0) is 0 Å². The fourth-order valence-corrected chi connectivity index (χ4v) is 4.18. The van der Waals surface area contributed by atoms with Crippen LogP contribution in [0.2, 0.25) is 0 Å². The second-order valence-electron chi connectivity index (χ2n) is 6.37. The number of thioether (sulfide) groups is 1. The highest BCUT2D eigenvalue weighted by molar-refractivity contribution is 7.99. The lowest BCUT2D eigenvalue weighted by atomic mass is 9.94. The van der Waals surface area contributed by atoms with Gasteiger partial charge in [0.15, 0.2) is 0 Å². The van der Waals surface area contributed by atoms with Crippen molar-refractivity contribution in [2.24, 2.45) is 5.92 Å². The topological polar surface area (TPSA) is 44.3 Å². The summed E-state index contributed by atoms with van der Waals surface area (Å²) in [5, 5.41) is 17.8. The van der Waals surface area contributed by atoms with Gasteiger partial charge in [-0.3, -0.25) is 0 Å². The predicted molar refractivity (Wildman–Crippen MR) is 83.5 cm³/mol. The highest BCUT2D eigenvalue weighted by Crippen LogP contribution is 2.23. The van der Waals surface area contributed by atoms with Crippen molar-refractivity contribution in [1.29, 1.82) is 0 Å². The Hall–Kier alpha value is 0.230. The molecule has 4 heteroatoms. The van der Waals surface area contributed by atoms with E-state index in [1.807, 2.05) is 11.8 Å². The summed E-state index contributed by atoms with van der Waals surface area (Å²) in [5.41, 5.74) is 0. The SMILES string of the molecule is CSC1CCCC(CC(C)CNC2CCCC2O)N1. The maximum atomic E-state index is 9.81. The first kappa shape index (κ1) is 15.6. The Labute approximate surface area is 122 Å². The van der Waals surface area contributed by atoms with Crippen molar-refractivity contribution in [3.63, 3.8) is 0 Å². The largest absolute Gasteiger partial charge is 0.392 e. The summed E-state index contributed by atoms with van der Waals surface area (Å²) in [6, 6.07) is 1.04. The van der Waals surface area contributed by atoms with Gasteiger partial charge in [0, 0.05) is 12.1 Å². The molecule has 0 bridgehead atoms. The molecule has 1 aliphatic heterocycles. The Morgan fingerprint density at radius 3 is 2.74 bits per heavy atom. The van der Waals surface area contributed by atoms with Gasteiger partial charge in [0.2, 0.25) is 0 Å². The van der Waals surface area contributed by atoms with Crippen molar-refractivity contribution < 1.29 is 5.11 Å². The van der Waals surface area contributed by atoms with E-state index in [0.717, 1.165) is 19.4 Å². The summed E-state index contributed by atoms with van der Waals surface area (Å²) in [7, 11) is 0. The van der Waals surface area contributed by atoms with Crippen LogP contribution in [0.4, 0.5) is 0 Å². The van der Waals surface area contributed by atoms with Crippen molar-refractivity contribution in [3.8, 4) is 0 Å². The minimum Gasteiger partial charge on any atom is -0.392 e. The minimum absolute atomic E-state index is 0.110. The lowest BCUT2D eigenvalue weighted by molar-refractivity contribution is 0.146. The molecular weight excluding hydrogens is 256 g/mol. The zero-order chi connectivity index (χ0) is 13.7. The summed E-state index contributed by atoms with van der Waals surface area (Å²) in [6.07, 6.45) is 10.7. The smallest absolute Gasteiger partial charge is 0.0693 e. The first-order valence-corrected chi connectivity index (χ1v) is 9.18. The molecule has 3 nitrogen and oxygen atoms in total. The summed E-state index contributed by atoms with van der Waals surface area (Å²) in [6.45, 7) is 3.38. The van der Waals surface area contributed by atoms with E-state index in [4.69, 9.17) is 0 Å². The van der Waals surface area contributed by atoms with Crippen LogP contribution >= 0.6 is 11.8 Å². The molecule has 2 aliphatic rings. The number of aliphatic hydroxyl groups excluding tert-OH is 1. The Bertz CT molecular complexity index is 265. The number of piperidine rings is 1. The first-order valence-electron chi connectivity index (χ1n) is 7.89. The van der Waals surface area contributed by atoms with Gasteiger partial charge in [-0.15, -0.1) is 11.8 Å². The number of nitrogens with one attached hydrogen (secondary N) is 2. The van der Waals surface area contributed by atoms with Gasteiger partial charge in [0.1, 0.15) is 0 Å². The van der Waals surface area contributed by atoms with Crippen LogP contribution in [0.5, 0.6) is 0 Å². The molecule has 0 spiro atoms. The summed E-state index contributed by atoms with van der Waals surface area (Å²) >= 11 is 1.95. The third kappa shape index (κ3) is 4.92. The molecular formula is C15H30N2OS. The van der Waals surface area contributed by atoms with Gasteiger partial charge in [-0.25, -0.2) is 0 Å². The zero-order valence-electron chi connectivity index (χ0n) is 12.4. The van der Waals surface area contributed by atoms with Crippen LogP contribution in [0.3, 0.4) is 0 Å². The van der Waals surface area contributed by atoms with Crippen LogP contribution in [0, 0.1) is 5.92 Å². The van der Waals surface area contributed by atoms with E-state index in [0.29, 0.717) is 23.4 Å². The lowest BCUT2D eigenvalue weighted by Crippen LogP contribution is -2.43. The Morgan fingerprint density at radius 1 is 1.26 bits per heavy atom. The molecule has 0 aromatic heterocycles. The average Bonchev–Trinajstić information content (AvgIpc) is 2.82. The van der Waals surface area contributed by atoms with Crippen LogP contribution in [-0.4, -0.2) is 41.5 Å². The van der Waals surface area contributed by atoms with Gasteiger partial charge in [0.05, 0.1) is 11.5 Å². The first-order chi connectivity index (χ1) is 9.19. The molecule has 1 saturated heterocycles. The van der Waals surface area contributed by atoms with E-state index < -0.39 is 0 Å². The third-order valence-corrected chi connectivity index (χ3v) is 5.56. The predicted octanol–water partition coefficient (Wildman–Crippen LogP) is 2.35. The summed E-state index contributed by atoms with van der Waals surface area (Å²) in [4.78, 5) is 0. The van der Waals surface area contributed by atoms with Crippen LogP contribution < -0.4 is 10.6 Å². The van der Waals surface area contributed by atoms with E-state index in [2.05, 4.69) is 23.8 Å². The van der Waals surface area contributed by atoms with Crippen LogP contribution in [0.25, 0.3) is 0 Å². The Balaban J connectivity index is 1.64. The summed E-state index contributed by atoms with van der Waals surface area (Å²) < 4.78 is 0. The molecule has 112 valence electrons. The maximum Gasteiger partial charge on any atom is 0.0693 e. The van der Waals surface area contributed by atoms with Crippen molar-refractivity contribution >= 4 is 11.8 Å². The maximum absolute atomic E-state index is 9.81. The van der Waals surface area contributed by atoms with Gasteiger partial charge >= 0.3 is 0 Å². The van der Waals surface area contributed by atoms with E-state index in [9.17, 15) is 5.11 Å². The Morgan fingerprint density at radius 2 is 2.05 bits per heavy atom. The van der Waals surface area contributed by atoms with Gasteiger partial charge in [0.25, 0.3) is 0 Å². The normalized spacial score (nSPS) is 37.4. The fourth-order valence-electron chi connectivity index (χ4n) is 3.45. The zero-order valence-corrected chi connectivity index (χ0v) is 13.2. The monoisotopic (exact) mass is 286 g/mol. The molecule has 0 aromatic carbocycles. The molecule has 0 aromatic rings. The van der Waals surface area contributed by atoms with E-state index in [1.54, 1.807) is 0 Å². The number of hydrogen-bond acceptors (Lipinski definition) is 4. The molecule has 0 radical (unpaired) electrons. The van der Waals surface area contributed by atoms with Crippen LogP contribution in [0.15, 0.2) is 0 Å². The molecule has 2 rings (SSSR count). The minimum atomic E-state index is -0.110. The fraction of sp³-hybridized carbons (Fsp3) is 1.00. The van der Waals surface area contributed by atoms with Crippen molar-refractivity contribution in [2.75, 3.05) is 12.8 Å². The van der Waals surface area contributed by atoms with E-state index in [-0.39, 0.29) is 6.10 Å². The molecule has 3 N–H and O–H groups in total. The molecule has 0 amide bonds. The van der Waals surface area contributed by atoms with Gasteiger partial charge in [-0.2, -0.15) is 0 Å². The summed E-state index contributed by atoms with van der Waals surface area (Å²) in [5.74, 6) is 0.686. The number of aliphatic hydroxyl groups is 1. The second-order valence-corrected chi connectivity index (χ2v) is 7.41. The highest BCUT2D eigenvalue weighted by atomic mass is 32.2. The Kier molecular flexibility index (Phi) is 6.46. The average molecular weight is 286 g/mol. The third-order valence-electron chi connectivity index (χ3n) is 4.62. The van der Waals surface area contributed by atoms with Crippen molar-refractivity contribution in [3.05, 3.63) is 0 Å². The van der Waals surface area contributed by atoms with Gasteiger partial charge < -0.3 is 15.7 Å². The number of hydrogen-bond donors (Lipinski definition) is 3. The molecule has 1 saturated carbocycles. The second kappa shape index (κ2) is 7.87. The molecule has 19 heavy (non-hydrogen) atoms. The molecule has 1 aliphatic carbocycles. The quantitative estimate of drug-likeness (QED) is 0.701. The number of rotatable bonds is 6.